The second kappa shape index (κ2) is 5.67. The summed E-state index contributed by atoms with van der Waals surface area (Å²) in [5.74, 6) is 0. The first-order valence-corrected chi connectivity index (χ1v) is 6.80. The highest BCUT2D eigenvalue weighted by molar-refractivity contribution is 9.10. The first kappa shape index (κ1) is 13.3. The van der Waals surface area contributed by atoms with Crippen molar-refractivity contribution in [3.63, 3.8) is 0 Å². The van der Waals surface area contributed by atoms with Crippen molar-refractivity contribution in [2.45, 2.75) is 26.9 Å². The predicted octanol–water partition coefficient (Wildman–Crippen LogP) is 1.85. The summed E-state index contributed by atoms with van der Waals surface area (Å²) in [6.07, 6.45) is 3.93. The third kappa shape index (κ3) is 2.81. The maximum atomic E-state index is 4.39. The van der Waals surface area contributed by atoms with Gasteiger partial charge in [0, 0.05) is 19.8 Å². The van der Waals surface area contributed by atoms with Crippen LogP contribution in [0, 0.1) is 6.92 Å². The van der Waals surface area contributed by atoms with Gasteiger partial charge in [-0.1, -0.05) is 6.92 Å². The van der Waals surface area contributed by atoms with E-state index in [1.807, 2.05) is 25.0 Å². The Bertz CT molecular complexity index is 529. The topological polar surface area (TPSA) is 47.7 Å². The van der Waals surface area contributed by atoms with Gasteiger partial charge in [0.15, 0.2) is 0 Å². The molecule has 2 heterocycles. The molecule has 0 aliphatic carbocycles. The molecular formula is C12H18BrN5. The molecule has 0 fully saturated rings. The van der Waals surface area contributed by atoms with E-state index in [0.29, 0.717) is 0 Å². The summed E-state index contributed by atoms with van der Waals surface area (Å²) in [6, 6.07) is 0. The fraction of sp³-hybridized carbons (Fsp3) is 0.500. The number of rotatable bonds is 5. The smallest absolute Gasteiger partial charge is 0.0953 e. The van der Waals surface area contributed by atoms with Crippen molar-refractivity contribution in [3.05, 3.63) is 34.1 Å². The summed E-state index contributed by atoms with van der Waals surface area (Å²) in [7, 11) is 1.96. The van der Waals surface area contributed by atoms with Crippen LogP contribution in [0.25, 0.3) is 0 Å². The van der Waals surface area contributed by atoms with E-state index < -0.39 is 0 Å². The molecular weight excluding hydrogens is 294 g/mol. The van der Waals surface area contributed by atoms with Gasteiger partial charge in [0.25, 0.3) is 0 Å². The molecule has 98 valence electrons. The van der Waals surface area contributed by atoms with Crippen molar-refractivity contribution in [2.75, 3.05) is 6.54 Å². The number of hydrogen-bond donors (Lipinski definition) is 1. The van der Waals surface area contributed by atoms with Gasteiger partial charge in [-0.2, -0.15) is 5.10 Å². The molecule has 0 atom stereocenters. The fourth-order valence-corrected chi connectivity index (χ4v) is 2.32. The van der Waals surface area contributed by atoms with Crippen molar-refractivity contribution >= 4 is 15.9 Å². The molecule has 18 heavy (non-hydrogen) atoms. The van der Waals surface area contributed by atoms with E-state index in [-0.39, 0.29) is 0 Å². The highest BCUT2D eigenvalue weighted by atomic mass is 79.9. The van der Waals surface area contributed by atoms with Gasteiger partial charge in [-0.15, -0.1) is 0 Å². The minimum Gasteiger partial charge on any atom is -0.331 e. The van der Waals surface area contributed by atoms with Crippen LogP contribution >= 0.6 is 15.9 Å². The zero-order chi connectivity index (χ0) is 13.1. The lowest BCUT2D eigenvalue weighted by Crippen LogP contribution is -2.11. The van der Waals surface area contributed by atoms with Gasteiger partial charge in [-0.05, 0) is 29.4 Å². The third-order valence-corrected chi connectivity index (χ3v) is 3.87. The largest absolute Gasteiger partial charge is 0.331 e. The molecule has 0 aromatic carbocycles. The molecule has 2 rings (SSSR count). The molecule has 6 heteroatoms. The molecule has 0 aliphatic heterocycles. The first-order chi connectivity index (χ1) is 8.61. The molecule has 0 unspecified atom stereocenters. The molecule has 0 bridgehead atoms. The summed E-state index contributed by atoms with van der Waals surface area (Å²) in [5, 5.41) is 7.65. The van der Waals surface area contributed by atoms with Gasteiger partial charge in [0.2, 0.25) is 0 Å². The standard InChI is InChI=1S/C12H18BrN5/c1-4-14-5-10-6-18(8-15-10)7-11-12(13)9(2)16-17(11)3/h6,8,14H,4-5,7H2,1-3H3. The van der Waals surface area contributed by atoms with Crippen LogP contribution in [-0.2, 0) is 20.1 Å². The minimum atomic E-state index is 0.775. The van der Waals surface area contributed by atoms with Crippen LogP contribution in [0.4, 0.5) is 0 Å². The van der Waals surface area contributed by atoms with Gasteiger partial charge in [-0.25, -0.2) is 4.98 Å². The van der Waals surface area contributed by atoms with E-state index in [1.54, 1.807) is 0 Å². The Morgan fingerprint density at radius 1 is 1.44 bits per heavy atom. The molecule has 0 radical (unpaired) electrons. The number of nitrogens with one attached hydrogen (secondary N) is 1. The van der Waals surface area contributed by atoms with Crippen molar-refractivity contribution in [1.82, 2.24) is 24.6 Å². The number of aromatic nitrogens is 4. The van der Waals surface area contributed by atoms with E-state index in [9.17, 15) is 0 Å². The fourth-order valence-electron chi connectivity index (χ4n) is 1.86. The molecule has 0 spiro atoms. The van der Waals surface area contributed by atoms with Crippen LogP contribution in [0.3, 0.4) is 0 Å². The van der Waals surface area contributed by atoms with E-state index in [1.165, 1.54) is 0 Å². The molecule has 5 nitrogen and oxygen atoms in total. The molecule has 2 aromatic heterocycles. The van der Waals surface area contributed by atoms with Crippen molar-refractivity contribution in [3.8, 4) is 0 Å². The van der Waals surface area contributed by atoms with E-state index >= 15 is 0 Å². The number of halogens is 1. The highest BCUT2D eigenvalue weighted by Crippen LogP contribution is 2.21. The monoisotopic (exact) mass is 311 g/mol. The van der Waals surface area contributed by atoms with Crippen LogP contribution in [-0.4, -0.2) is 25.9 Å². The van der Waals surface area contributed by atoms with Gasteiger partial charge in [0.05, 0.1) is 34.4 Å². The van der Waals surface area contributed by atoms with Crippen LogP contribution in [0.1, 0.15) is 24.0 Å². The van der Waals surface area contributed by atoms with Gasteiger partial charge < -0.3 is 9.88 Å². The molecule has 2 aromatic rings. The minimum absolute atomic E-state index is 0.775. The average Bonchev–Trinajstić information content (AvgIpc) is 2.88. The lowest BCUT2D eigenvalue weighted by molar-refractivity contribution is 0.660. The summed E-state index contributed by atoms with van der Waals surface area (Å²) in [4.78, 5) is 4.37. The van der Waals surface area contributed by atoms with Crippen molar-refractivity contribution in [1.29, 1.82) is 0 Å². The second-order valence-corrected chi connectivity index (χ2v) is 5.08. The van der Waals surface area contributed by atoms with Crippen LogP contribution in [0.2, 0.25) is 0 Å². The summed E-state index contributed by atoms with van der Waals surface area (Å²) >= 11 is 3.58. The van der Waals surface area contributed by atoms with Crippen LogP contribution < -0.4 is 5.32 Å². The number of nitrogens with zero attached hydrogens (tertiary/aromatic N) is 4. The number of aryl methyl sites for hydroxylation is 2. The third-order valence-electron chi connectivity index (χ3n) is 2.84. The maximum absolute atomic E-state index is 4.39. The summed E-state index contributed by atoms with van der Waals surface area (Å²) in [6.45, 7) is 6.63. The molecule has 0 saturated carbocycles. The Kier molecular flexibility index (Phi) is 4.19. The predicted molar refractivity (Wildman–Crippen MR) is 74.4 cm³/mol. The van der Waals surface area contributed by atoms with Gasteiger partial charge in [-0.3, -0.25) is 4.68 Å². The van der Waals surface area contributed by atoms with E-state index in [2.05, 4.69) is 49.0 Å². The zero-order valence-electron chi connectivity index (χ0n) is 10.9. The Morgan fingerprint density at radius 3 is 2.83 bits per heavy atom. The molecule has 1 N–H and O–H groups in total. The second-order valence-electron chi connectivity index (χ2n) is 4.29. The Balaban J connectivity index is 2.11. The van der Waals surface area contributed by atoms with Crippen molar-refractivity contribution in [2.24, 2.45) is 7.05 Å². The Morgan fingerprint density at radius 2 is 2.22 bits per heavy atom. The van der Waals surface area contributed by atoms with E-state index in [0.717, 1.165) is 41.2 Å². The van der Waals surface area contributed by atoms with Gasteiger partial charge >= 0.3 is 0 Å². The Labute approximate surface area is 115 Å². The maximum Gasteiger partial charge on any atom is 0.0953 e. The zero-order valence-corrected chi connectivity index (χ0v) is 12.5. The molecule has 0 amide bonds. The van der Waals surface area contributed by atoms with Crippen molar-refractivity contribution < 1.29 is 0 Å². The van der Waals surface area contributed by atoms with Crippen LogP contribution in [0.5, 0.6) is 0 Å². The quantitative estimate of drug-likeness (QED) is 0.916. The lowest BCUT2D eigenvalue weighted by Gasteiger charge is -2.03. The normalized spacial score (nSPS) is 11.1. The van der Waals surface area contributed by atoms with Crippen LogP contribution in [0.15, 0.2) is 17.0 Å². The first-order valence-electron chi connectivity index (χ1n) is 6.01. The average molecular weight is 312 g/mol. The summed E-state index contributed by atoms with van der Waals surface area (Å²) < 4.78 is 5.06. The van der Waals surface area contributed by atoms with E-state index in [4.69, 9.17) is 0 Å². The number of imidazole rings is 1. The highest BCUT2D eigenvalue weighted by Gasteiger charge is 2.11. The Hall–Kier alpha value is -1.14. The van der Waals surface area contributed by atoms with Gasteiger partial charge in [0.1, 0.15) is 0 Å². The number of hydrogen-bond acceptors (Lipinski definition) is 3. The molecule has 0 saturated heterocycles. The SMILES string of the molecule is CCNCc1cn(Cc2c(Br)c(C)nn2C)cn1. The lowest BCUT2D eigenvalue weighted by atomic mass is 10.3. The molecule has 0 aliphatic rings. The summed E-state index contributed by atoms with van der Waals surface area (Å²) in [5.41, 5.74) is 3.23.